The number of aliphatic imine (C=N–C) groups is 2. The lowest BCUT2D eigenvalue weighted by Crippen LogP contribution is -2.57. The number of benzene rings is 1. The van der Waals surface area contributed by atoms with Crippen molar-refractivity contribution in [3.05, 3.63) is 29.8 Å². The maximum atomic E-state index is 8.79. The van der Waals surface area contributed by atoms with Gasteiger partial charge in [0.2, 0.25) is 11.9 Å². The Hall–Kier alpha value is -2.50. The molecule has 0 saturated heterocycles. The van der Waals surface area contributed by atoms with Crippen LogP contribution in [0.4, 0.5) is 0 Å². The van der Waals surface area contributed by atoms with E-state index in [1.54, 1.807) is 29.3 Å². The van der Waals surface area contributed by atoms with Gasteiger partial charge in [0.15, 0.2) is 5.66 Å². The van der Waals surface area contributed by atoms with Gasteiger partial charge in [0.05, 0.1) is 24.8 Å². The molecular formula is C18H25ClN6O2. The molecule has 4 N–H and O–H groups in total. The summed E-state index contributed by atoms with van der Waals surface area (Å²) in [5.74, 6) is 1.20. The van der Waals surface area contributed by atoms with Gasteiger partial charge in [0, 0.05) is 6.42 Å². The molecule has 1 fully saturated rings. The quantitative estimate of drug-likeness (QED) is 0.716. The van der Waals surface area contributed by atoms with Crippen LogP contribution in [0.25, 0.3) is 0 Å². The minimum Gasteiger partial charge on any atom is -0.494 e. The van der Waals surface area contributed by atoms with Gasteiger partial charge in [-0.3, -0.25) is 4.84 Å². The van der Waals surface area contributed by atoms with Crippen molar-refractivity contribution in [3.63, 3.8) is 0 Å². The Morgan fingerprint density at radius 3 is 2.48 bits per heavy atom. The Balaban J connectivity index is 0.00000261. The number of halogens is 1. The summed E-state index contributed by atoms with van der Waals surface area (Å²) in [6.45, 7) is 0.929. The van der Waals surface area contributed by atoms with Crippen molar-refractivity contribution in [2.45, 2.75) is 44.2 Å². The lowest BCUT2D eigenvalue weighted by molar-refractivity contribution is -0.178. The van der Waals surface area contributed by atoms with Crippen molar-refractivity contribution in [1.29, 1.82) is 5.26 Å². The van der Waals surface area contributed by atoms with Crippen LogP contribution in [0.2, 0.25) is 0 Å². The van der Waals surface area contributed by atoms with Crippen LogP contribution in [0.3, 0.4) is 0 Å². The van der Waals surface area contributed by atoms with Gasteiger partial charge < -0.3 is 16.2 Å². The van der Waals surface area contributed by atoms with E-state index in [-0.39, 0.29) is 24.3 Å². The van der Waals surface area contributed by atoms with Crippen LogP contribution in [-0.4, -0.2) is 35.9 Å². The smallest absolute Gasteiger partial charge is 0.226 e. The van der Waals surface area contributed by atoms with Gasteiger partial charge in [-0.2, -0.15) is 15.3 Å². The highest BCUT2D eigenvalue weighted by atomic mass is 35.5. The number of nitrogens with two attached hydrogens (primary N) is 2. The predicted octanol–water partition coefficient (Wildman–Crippen LogP) is 2.29. The Bertz CT molecular complexity index is 722. The molecule has 8 nitrogen and oxygen atoms in total. The molecule has 1 aliphatic heterocycles. The van der Waals surface area contributed by atoms with Crippen LogP contribution < -0.4 is 16.2 Å². The molecule has 1 aliphatic carbocycles. The van der Waals surface area contributed by atoms with E-state index in [1.807, 2.05) is 0 Å². The van der Waals surface area contributed by atoms with Gasteiger partial charge in [-0.05, 0) is 49.9 Å². The fourth-order valence-electron chi connectivity index (χ4n) is 3.31. The molecule has 0 atom stereocenters. The Kier molecular flexibility index (Phi) is 7.28. The number of nitriles is 1. The summed E-state index contributed by atoms with van der Waals surface area (Å²) < 4.78 is 5.66. The standard InChI is InChI=1S/C18H24N6O2.ClH/c19-13-14-5-7-15(8-6-14)25-11-4-12-26-24-17(21)22-16(20)23-18(24)9-2-1-3-10-18;/h5-8H,1-4,9-12H2,(H4,20,21,22,23);1H. The summed E-state index contributed by atoms with van der Waals surface area (Å²) >= 11 is 0. The first-order chi connectivity index (χ1) is 12.6. The molecule has 1 aromatic carbocycles. The van der Waals surface area contributed by atoms with Crippen molar-refractivity contribution < 1.29 is 9.57 Å². The third-order valence-corrected chi connectivity index (χ3v) is 4.55. The maximum Gasteiger partial charge on any atom is 0.226 e. The number of hydrogen-bond donors (Lipinski definition) is 2. The SMILES string of the molecule is Cl.N#Cc1ccc(OCCCON2C(N)=NC(N)=NC23CCCCC3)cc1. The first-order valence-electron chi connectivity index (χ1n) is 8.89. The van der Waals surface area contributed by atoms with Crippen molar-refractivity contribution in [2.24, 2.45) is 21.5 Å². The van der Waals surface area contributed by atoms with Crippen LogP contribution in [-0.2, 0) is 4.84 Å². The van der Waals surface area contributed by atoms with Crippen molar-refractivity contribution in [2.75, 3.05) is 13.2 Å². The molecule has 1 aromatic rings. The first-order valence-corrected chi connectivity index (χ1v) is 8.89. The third-order valence-electron chi connectivity index (χ3n) is 4.55. The molecule has 9 heteroatoms. The summed E-state index contributed by atoms with van der Waals surface area (Å²) in [4.78, 5) is 14.5. The third kappa shape index (κ3) is 5.02. The highest BCUT2D eigenvalue weighted by molar-refractivity contribution is 5.95. The fourth-order valence-corrected chi connectivity index (χ4v) is 3.31. The molecule has 0 amide bonds. The van der Waals surface area contributed by atoms with E-state index in [0.29, 0.717) is 25.2 Å². The largest absolute Gasteiger partial charge is 0.494 e. The summed E-state index contributed by atoms with van der Waals surface area (Å²) in [7, 11) is 0. The van der Waals surface area contributed by atoms with E-state index in [9.17, 15) is 0 Å². The van der Waals surface area contributed by atoms with E-state index >= 15 is 0 Å². The molecule has 146 valence electrons. The number of guanidine groups is 2. The molecule has 1 heterocycles. The summed E-state index contributed by atoms with van der Waals surface area (Å²) in [6.07, 6.45) is 5.69. The highest BCUT2D eigenvalue weighted by Gasteiger charge is 2.42. The zero-order chi connectivity index (χ0) is 18.4. The second-order valence-corrected chi connectivity index (χ2v) is 6.45. The average molecular weight is 393 g/mol. The zero-order valence-electron chi connectivity index (χ0n) is 15.1. The number of ether oxygens (including phenoxy) is 1. The van der Waals surface area contributed by atoms with E-state index < -0.39 is 5.66 Å². The lowest BCUT2D eigenvalue weighted by atomic mass is 9.89. The van der Waals surface area contributed by atoms with Crippen molar-refractivity contribution >= 4 is 24.3 Å². The fraction of sp³-hybridized carbons (Fsp3) is 0.500. The average Bonchev–Trinajstić information content (AvgIpc) is 2.64. The Labute approximate surface area is 165 Å². The number of rotatable bonds is 6. The Morgan fingerprint density at radius 2 is 1.81 bits per heavy atom. The molecule has 3 rings (SSSR count). The summed E-state index contributed by atoms with van der Waals surface area (Å²) in [5, 5.41) is 10.4. The molecule has 27 heavy (non-hydrogen) atoms. The van der Waals surface area contributed by atoms with Gasteiger partial charge in [0.25, 0.3) is 0 Å². The zero-order valence-corrected chi connectivity index (χ0v) is 16.0. The van der Waals surface area contributed by atoms with Gasteiger partial charge in [-0.1, -0.05) is 6.42 Å². The molecule has 0 bridgehead atoms. The number of hydrogen-bond acceptors (Lipinski definition) is 8. The van der Waals surface area contributed by atoms with Crippen LogP contribution in [0, 0.1) is 11.3 Å². The summed E-state index contributed by atoms with van der Waals surface area (Å²) in [6, 6.07) is 9.10. The number of nitrogens with zero attached hydrogens (tertiary/aromatic N) is 4. The molecule has 0 unspecified atom stereocenters. The van der Waals surface area contributed by atoms with Crippen LogP contribution in [0.1, 0.15) is 44.1 Å². The highest BCUT2D eigenvalue weighted by Crippen LogP contribution is 2.36. The molecular weight excluding hydrogens is 368 g/mol. The Morgan fingerprint density at radius 1 is 1.11 bits per heavy atom. The lowest BCUT2D eigenvalue weighted by Gasteiger charge is -2.44. The van der Waals surface area contributed by atoms with Crippen LogP contribution in [0.5, 0.6) is 5.75 Å². The van der Waals surface area contributed by atoms with Crippen molar-refractivity contribution in [1.82, 2.24) is 5.06 Å². The maximum absolute atomic E-state index is 8.79. The van der Waals surface area contributed by atoms with E-state index in [0.717, 1.165) is 31.4 Å². The number of hydroxylamine groups is 2. The minimum atomic E-state index is -0.526. The second kappa shape index (κ2) is 9.44. The van der Waals surface area contributed by atoms with Crippen LogP contribution in [0.15, 0.2) is 34.3 Å². The topological polar surface area (TPSA) is 122 Å². The van der Waals surface area contributed by atoms with Gasteiger partial charge in [-0.25, -0.2) is 4.99 Å². The van der Waals surface area contributed by atoms with Crippen molar-refractivity contribution in [3.8, 4) is 11.8 Å². The molecule has 2 aliphatic rings. The normalized spacial score (nSPS) is 18.1. The molecule has 1 saturated carbocycles. The van der Waals surface area contributed by atoms with Gasteiger partial charge in [-0.15, -0.1) is 12.4 Å². The molecule has 1 spiro atoms. The minimum absolute atomic E-state index is 0. The predicted molar refractivity (Wildman–Crippen MR) is 105 cm³/mol. The van der Waals surface area contributed by atoms with Crippen LogP contribution >= 0.6 is 12.4 Å². The monoisotopic (exact) mass is 392 g/mol. The van der Waals surface area contributed by atoms with E-state index in [4.69, 9.17) is 26.3 Å². The van der Waals surface area contributed by atoms with Gasteiger partial charge in [0.1, 0.15) is 5.75 Å². The summed E-state index contributed by atoms with van der Waals surface area (Å²) in [5.41, 5.74) is 11.9. The van der Waals surface area contributed by atoms with E-state index in [1.165, 1.54) is 6.42 Å². The molecule has 0 aromatic heterocycles. The second-order valence-electron chi connectivity index (χ2n) is 6.45. The van der Waals surface area contributed by atoms with E-state index in [2.05, 4.69) is 16.1 Å². The first kappa shape index (κ1) is 20.8. The van der Waals surface area contributed by atoms with Gasteiger partial charge >= 0.3 is 0 Å². The molecule has 0 radical (unpaired) electrons.